The maximum absolute atomic E-state index is 2.39. The van der Waals surface area contributed by atoms with Crippen LogP contribution in [0.5, 0.6) is 0 Å². The lowest BCUT2D eigenvalue weighted by Crippen LogP contribution is -2.09. The van der Waals surface area contributed by atoms with Crippen molar-refractivity contribution in [2.75, 3.05) is 4.90 Å². The summed E-state index contributed by atoms with van der Waals surface area (Å²) in [4.78, 5) is 2.32. The molecule has 0 bridgehead atoms. The van der Waals surface area contributed by atoms with Crippen molar-refractivity contribution in [3.8, 4) is 22.3 Å². The van der Waals surface area contributed by atoms with E-state index in [1.54, 1.807) is 0 Å². The summed E-state index contributed by atoms with van der Waals surface area (Å²) in [5.74, 6) is 0. The Morgan fingerprint density at radius 1 is 0.255 bits per heavy atom. The molecule has 9 aromatic rings. The van der Waals surface area contributed by atoms with E-state index in [1.807, 2.05) is 0 Å². The zero-order valence-electron chi connectivity index (χ0n) is 25.8. The summed E-state index contributed by atoms with van der Waals surface area (Å²) in [5.41, 5.74) is 8.31. The van der Waals surface area contributed by atoms with Crippen molar-refractivity contribution < 1.29 is 0 Å². The van der Waals surface area contributed by atoms with Crippen molar-refractivity contribution in [2.45, 2.75) is 0 Å². The molecule has 0 radical (unpaired) electrons. The Morgan fingerprint density at radius 3 is 1.40 bits per heavy atom. The first-order valence-corrected chi connectivity index (χ1v) is 16.2. The summed E-state index contributed by atoms with van der Waals surface area (Å²) >= 11 is 0. The second-order valence-corrected chi connectivity index (χ2v) is 12.1. The van der Waals surface area contributed by atoms with Gasteiger partial charge in [-0.3, -0.25) is 0 Å². The average Bonchev–Trinajstić information content (AvgIpc) is 3.15. The van der Waals surface area contributed by atoms with E-state index in [2.05, 4.69) is 193 Å². The van der Waals surface area contributed by atoms with Gasteiger partial charge in [0.1, 0.15) is 0 Å². The number of nitrogens with zero attached hydrogens (tertiary/aromatic N) is 1. The second-order valence-electron chi connectivity index (χ2n) is 12.1. The highest BCUT2D eigenvalue weighted by Gasteiger charge is 2.15. The topological polar surface area (TPSA) is 3.24 Å². The molecule has 0 saturated carbocycles. The monoisotopic (exact) mass is 597 g/mol. The summed E-state index contributed by atoms with van der Waals surface area (Å²) < 4.78 is 0. The average molecular weight is 598 g/mol. The molecule has 9 aromatic carbocycles. The number of hydrogen-bond donors (Lipinski definition) is 0. The van der Waals surface area contributed by atoms with Crippen LogP contribution in [-0.4, -0.2) is 0 Å². The Bertz CT molecular complexity index is 2500. The Hall–Kier alpha value is -6.18. The van der Waals surface area contributed by atoms with Gasteiger partial charge in [-0.2, -0.15) is 0 Å². The van der Waals surface area contributed by atoms with Crippen LogP contribution < -0.4 is 4.90 Å². The molecule has 0 unspecified atom stereocenters. The Morgan fingerprint density at radius 2 is 0.723 bits per heavy atom. The molecule has 0 amide bonds. The highest BCUT2D eigenvalue weighted by Crippen LogP contribution is 2.41. The van der Waals surface area contributed by atoms with E-state index in [-0.39, 0.29) is 0 Å². The summed E-state index contributed by atoms with van der Waals surface area (Å²) in [7, 11) is 0. The number of para-hydroxylation sites is 2. The molecule has 0 aromatic heterocycles. The minimum absolute atomic E-state index is 1.13. The summed E-state index contributed by atoms with van der Waals surface area (Å²) in [5, 5.41) is 10.2. The van der Waals surface area contributed by atoms with Crippen molar-refractivity contribution in [2.24, 2.45) is 0 Å². The molecule has 0 fully saturated rings. The largest absolute Gasteiger partial charge is 0.310 e. The predicted molar refractivity (Wildman–Crippen MR) is 202 cm³/mol. The van der Waals surface area contributed by atoms with Gasteiger partial charge < -0.3 is 4.90 Å². The fourth-order valence-electron chi connectivity index (χ4n) is 7.21. The summed E-state index contributed by atoms with van der Waals surface area (Å²) in [6.07, 6.45) is 0. The van der Waals surface area contributed by atoms with Gasteiger partial charge >= 0.3 is 0 Å². The van der Waals surface area contributed by atoms with Crippen LogP contribution in [0, 0.1) is 0 Å². The first kappa shape index (κ1) is 27.2. The van der Waals surface area contributed by atoms with Crippen LogP contribution in [0.2, 0.25) is 0 Å². The van der Waals surface area contributed by atoms with Crippen LogP contribution in [-0.2, 0) is 0 Å². The first-order valence-electron chi connectivity index (χ1n) is 16.2. The third kappa shape index (κ3) is 4.72. The molecule has 0 saturated heterocycles. The fourth-order valence-corrected chi connectivity index (χ4v) is 7.21. The van der Waals surface area contributed by atoms with E-state index in [0.29, 0.717) is 0 Å². The molecule has 9 rings (SSSR count). The van der Waals surface area contributed by atoms with E-state index in [0.717, 1.165) is 17.1 Å². The first-order chi connectivity index (χ1) is 23.3. The standard InChI is InChI=1S/C46H31N/c1-3-16-36(17-4-1)47(37-18-5-2-6-19-37)38-20-11-15-33(29-38)34-25-27-43-44-28-26-35(40-24-12-14-32-13-7-8-21-39(32)40)31-46(44)42-23-10-9-22-41(42)45(43)30-34/h1-31H. The second kappa shape index (κ2) is 11.3. The van der Waals surface area contributed by atoms with Crippen LogP contribution in [0.3, 0.4) is 0 Å². The van der Waals surface area contributed by atoms with Crippen LogP contribution in [0.25, 0.3) is 65.3 Å². The SMILES string of the molecule is c1ccc(N(c2ccccc2)c2cccc(-c3ccc4c5ccc(-c6cccc7ccccc67)cc5c5ccccc5c4c3)c2)cc1. The Labute approximate surface area is 274 Å². The lowest BCUT2D eigenvalue weighted by Gasteiger charge is -2.26. The molecular weight excluding hydrogens is 567 g/mol. The highest BCUT2D eigenvalue weighted by molar-refractivity contribution is 6.26. The van der Waals surface area contributed by atoms with Crippen molar-refractivity contribution in [1.82, 2.24) is 0 Å². The third-order valence-electron chi connectivity index (χ3n) is 9.40. The lowest BCUT2D eigenvalue weighted by atomic mass is 9.89. The number of hydrogen-bond acceptors (Lipinski definition) is 1. The molecule has 0 atom stereocenters. The summed E-state index contributed by atoms with van der Waals surface area (Å²) in [6, 6.07) is 68.2. The smallest absolute Gasteiger partial charge is 0.0467 e. The highest BCUT2D eigenvalue weighted by atomic mass is 15.1. The van der Waals surface area contributed by atoms with Gasteiger partial charge in [0.15, 0.2) is 0 Å². The molecular formula is C46H31N. The number of benzene rings is 9. The fraction of sp³-hybridized carbons (Fsp3) is 0. The molecule has 0 aliphatic heterocycles. The Balaban J connectivity index is 1.20. The van der Waals surface area contributed by atoms with E-state index in [1.165, 1.54) is 65.3 Å². The maximum atomic E-state index is 2.39. The molecule has 0 aliphatic rings. The van der Waals surface area contributed by atoms with Crippen molar-refractivity contribution in [3.63, 3.8) is 0 Å². The van der Waals surface area contributed by atoms with Gasteiger partial charge in [-0.05, 0) is 114 Å². The molecule has 1 heteroatoms. The molecule has 0 heterocycles. The third-order valence-corrected chi connectivity index (χ3v) is 9.40. The maximum Gasteiger partial charge on any atom is 0.0467 e. The molecule has 1 nitrogen and oxygen atoms in total. The molecule has 220 valence electrons. The minimum atomic E-state index is 1.13. The number of rotatable bonds is 5. The van der Waals surface area contributed by atoms with E-state index in [9.17, 15) is 0 Å². The van der Waals surface area contributed by atoms with Gasteiger partial charge in [-0.1, -0.05) is 140 Å². The van der Waals surface area contributed by atoms with Crippen LogP contribution in [0.4, 0.5) is 17.1 Å². The van der Waals surface area contributed by atoms with Crippen molar-refractivity contribution in [1.29, 1.82) is 0 Å². The molecule has 47 heavy (non-hydrogen) atoms. The van der Waals surface area contributed by atoms with Gasteiger partial charge in [0, 0.05) is 17.1 Å². The van der Waals surface area contributed by atoms with Gasteiger partial charge in [0.25, 0.3) is 0 Å². The zero-order valence-corrected chi connectivity index (χ0v) is 25.8. The number of anilines is 3. The predicted octanol–water partition coefficient (Wildman–Crippen LogP) is 13.1. The van der Waals surface area contributed by atoms with Crippen molar-refractivity contribution in [3.05, 3.63) is 188 Å². The van der Waals surface area contributed by atoms with Gasteiger partial charge in [-0.25, -0.2) is 0 Å². The van der Waals surface area contributed by atoms with Gasteiger partial charge in [-0.15, -0.1) is 0 Å². The molecule has 0 aliphatic carbocycles. The van der Waals surface area contributed by atoms with Crippen LogP contribution >= 0.6 is 0 Å². The van der Waals surface area contributed by atoms with E-state index in [4.69, 9.17) is 0 Å². The quantitative estimate of drug-likeness (QED) is 0.178. The van der Waals surface area contributed by atoms with Gasteiger partial charge in [0.05, 0.1) is 0 Å². The van der Waals surface area contributed by atoms with Crippen LogP contribution in [0.15, 0.2) is 188 Å². The molecule has 0 spiro atoms. The number of fused-ring (bicyclic) bond motifs is 7. The van der Waals surface area contributed by atoms with E-state index >= 15 is 0 Å². The normalized spacial score (nSPS) is 11.4. The van der Waals surface area contributed by atoms with Crippen molar-refractivity contribution >= 4 is 60.2 Å². The molecule has 0 N–H and O–H groups in total. The van der Waals surface area contributed by atoms with Gasteiger partial charge in [0.2, 0.25) is 0 Å². The van der Waals surface area contributed by atoms with Crippen LogP contribution in [0.1, 0.15) is 0 Å². The zero-order chi connectivity index (χ0) is 31.2. The van der Waals surface area contributed by atoms with E-state index < -0.39 is 0 Å². The minimum Gasteiger partial charge on any atom is -0.310 e. The Kier molecular flexibility index (Phi) is 6.54. The lowest BCUT2D eigenvalue weighted by molar-refractivity contribution is 1.28. The summed E-state index contributed by atoms with van der Waals surface area (Å²) in [6.45, 7) is 0.